The number of rotatable bonds is 3. The van der Waals surface area contributed by atoms with Crippen molar-refractivity contribution in [2.24, 2.45) is 17.3 Å². The average molecular weight is 360 g/mol. The van der Waals surface area contributed by atoms with E-state index in [0.717, 1.165) is 24.9 Å². The Kier molecular flexibility index (Phi) is 3.76. The highest BCUT2D eigenvalue weighted by atomic mass is 16.2. The van der Waals surface area contributed by atoms with Crippen molar-refractivity contribution in [3.8, 4) is 0 Å². The summed E-state index contributed by atoms with van der Waals surface area (Å²) in [5.74, 6) is 1.67. The van der Waals surface area contributed by atoms with Gasteiger partial charge in [0.05, 0.1) is 5.41 Å². The van der Waals surface area contributed by atoms with Gasteiger partial charge in [-0.15, -0.1) is 0 Å². The van der Waals surface area contributed by atoms with Gasteiger partial charge in [0.25, 0.3) is 0 Å². The fourth-order valence-corrected chi connectivity index (χ4v) is 6.67. The van der Waals surface area contributed by atoms with Crippen LogP contribution in [0.15, 0.2) is 48.5 Å². The van der Waals surface area contributed by atoms with E-state index in [1.807, 2.05) is 12.1 Å². The van der Waals surface area contributed by atoms with Crippen molar-refractivity contribution in [2.75, 3.05) is 5.32 Å². The Morgan fingerprint density at radius 2 is 1.41 bits per heavy atom. The monoisotopic (exact) mass is 359 g/mol. The van der Waals surface area contributed by atoms with E-state index < -0.39 is 0 Å². The molecule has 2 atom stereocenters. The maximum atomic E-state index is 13.5. The van der Waals surface area contributed by atoms with E-state index in [-0.39, 0.29) is 16.7 Å². The summed E-state index contributed by atoms with van der Waals surface area (Å²) in [6, 6.07) is 17.3. The Balaban J connectivity index is 1.46. The van der Waals surface area contributed by atoms with Gasteiger partial charge in [-0.2, -0.15) is 0 Å². The summed E-state index contributed by atoms with van der Waals surface area (Å²) in [5, 5.41) is 3.27. The maximum Gasteiger partial charge on any atom is 0.230 e. The molecule has 0 aromatic heterocycles. The van der Waals surface area contributed by atoms with Crippen molar-refractivity contribution in [2.45, 2.75) is 57.8 Å². The van der Waals surface area contributed by atoms with Crippen LogP contribution in [0.2, 0.25) is 0 Å². The van der Waals surface area contributed by atoms with E-state index in [1.165, 1.54) is 36.0 Å². The third-order valence-corrected chi connectivity index (χ3v) is 7.52. The van der Waals surface area contributed by atoms with Gasteiger partial charge in [-0.25, -0.2) is 0 Å². The van der Waals surface area contributed by atoms with Crippen molar-refractivity contribution in [1.29, 1.82) is 0 Å². The van der Waals surface area contributed by atoms with Gasteiger partial charge in [0.2, 0.25) is 5.91 Å². The first-order valence-corrected chi connectivity index (χ1v) is 10.4. The maximum absolute atomic E-state index is 13.5. The number of carbonyl (C=O) groups is 1. The molecule has 0 saturated heterocycles. The molecule has 1 amide bonds. The number of benzene rings is 2. The fourth-order valence-electron chi connectivity index (χ4n) is 6.67. The number of aryl methyl sites for hydroxylation is 2. The van der Waals surface area contributed by atoms with Crippen molar-refractivity contribution < 1.29 is 4.79 Å². The van der Waals surface area contributed by atoms with Crippen molar-refractivity contribution in [3.05, 3.63) is 65.2 Å². The summed E-state index contributed by atoms with van der Waals surface area (Å²) in [5.41, 5.74) is 4.97. The summed E-state index contributed by atoms with van der Waals surface area (Å²) < 4.78 is 0. The van der Waals surface area contributed by atoms with Gasteiger partial charge in [-0.3, -0.25) is 4.79 Å². The summed E-state index contributed by atoms with van der Waals surface area (Å²) >= 11 is 0. The van der Waals surface area contributed by atoms with Crippen LogP contribution in [-0.2, 0) is 10.2 Å². The molecule has 0 aliphatic heterocycles. The molecular weight excluding hydrogens is 330 g/mol. The van der Waals surface area contributed by atoms with Gasteiger partial charge in [-0.05, 0) is 87.3 Å². The molecule has 2 aromatic carbocycles. The second kappa shape index (κ2) is 5.95. The van der Waals surface area contributed by atoms with Crippen LogP contribution in [0.1, 0.15) is 55.2 Å². The van der Waals surface area contributed by atoms with Gasteiger partial charge in [0.15, 0.2) is 0 Å². The van der Waals surface area contributed by atoms with Gasteiger partial charge in [0.1, 0.15) is 0 Å². The molecule has 2 nitrogen and oxygen atoms in total. The molecule has 1 N–H and O–H groups in total. The molecule has 0 spiro atoms. The molecule has 4 saturated carbocycles. The second-order valence-electron chi connectivity index (χ2n) is 9.71. The van der Waals surface area contributed by atoms with Gasteiger partial charge >= 0.3 is 0 Å². The molecule has 4 aliphatic carbocycles. The minimum absolute atomic E-state index is 0.181. The second-order valence-corrected chi connectivity index (χ2v) is 9.71. The third kappa shape index (κ3) is 2.81. The largest absolute Gasteiger partial charge is 0.326 e. The van der Waals surface area contributed by atoms with Crippen LogP contribution >= 0.6 is 0 Å². The number of nitrogens with one attached hydrogen (secondary N) is 1. The zero-order valence-corrected chi connectivity index (χ0v) is 16.4. The normalized spacial score (nSPS) is 33.9. The average Bonchev–Trinajstić information content (AvgIpc) is 2.63. The van der Waals surface area contributed by atoms with Crippen molar-refractivity contribution in [3.63, 3.8) is 0 Å². The molecule has 2 heteroatoms. The van der Waals surface area contributed by atoms with Gasteiger partial charge < -0.3 is 5.32 Å². The molecule has 0 heterocycles. The predicted molar refractivity (Wildman–Crippen MR) is 110 cm³/mol. The van der Waals surface area contributed by atoms with Crippen molar-refractivity contribution in [1.82, 2.24) is 0 Å². The van der Waals surface area contributed by atoms with Crippen LogP contribution in [0.5, 0.6) is 0 Å². The van der Waals surface area contributed by atoms with E-state index in [1.54, 1.807) is 0 Å². The Morgan fingerprint density at radius 3 is 2.00 bits per heavy atom. The highest BCUT2D eigenvalue weighted by Gasteiger charge is 2.60. The Bertz CT molecular complexity index is 850. The van der Waals surface area contributed by atoms with Crippen LogP contribution in [0.25, 0.3) is 0 Å². The number of hydrogen-bond acceptors (Lipinski definition) is 1. The predicted octanol–water partition coefficient (Wildman–Crippen LogP) is 5.78. The minimum Gasteiger partial charge on any atom is -0.326 e. The van der Waals surface area contributed by atoms with E-state index >= 15 is 0 Å². The van der Waals surface area contributed by atoms with Gasteiger partial charge in [-0.1, -0.05) is 47.5 Å². The van der Waals surface area contributed by atoms with Crippen LogP contribution in [0.3, 0.4) is 0 Å². The zero-order valence-electron chi connectivity index (χ0n) is 16.4. The third-order valence-electron chi connectivity index (χ3n) is 7.52. The van der Waals surface area contributed by atoms with E-state index in [2.05, 4.69) is 55.6 Å². The SMILES string of the molecule is Cc1ccc(NC(=O)C23C[C@@H]4C[C@@H](C2)CC(c2ccc(C)cc2)(C4)C3)cc1. The Hall–Kier alpha value is -2.09. The fraction of sp³-hybridized carbons (Fsp3) is 0.480. The Morgan fingerprint density at radius 1 is 0.852 bits per heavy atom. The molecule has 140 valence electrons. The highest BCUT2D eigenvalue weighted by molar-refractivity contribution is 5.95. The number of anilines is 1. The summed E-state index contributed by atoms with van der Waals surface area (Å²) in [6.07, 6.45) is 7.04. The van der Waals surface area contributed by atoms with Crippen LogP contribution in [0, 0.1) is 31.1 Å². The summed E-state index contributed by atoms with van der Waals surface area (Å²) in [7, 11) is 0. The molecule has 0 unspecified atom stereocenters. The van der Waals surface area contributed by atoms with Crippen molar-refractivity contribution >= 4 is 11.6 Å². The van der Waals surface area contributed by atoms with E-state index in [0.29, 0.717) is 11.8 Å². The van der Waals surface area contributed by atoms with Crippen LogP contribution in [-0.4, -0.2) is 5.91 Å². The number of carbonyl (C=O) groups excluding carboxylic acids is 1. The molecular formula is C25H29NO. The molecule has 4 fully saturated rings. The molecule has 4 aliphatic rings. The standard InChI is InChI=1S/C25H29NO/c1-17-3-7-21(8-4-17)24-12-19-11-20(13-24)15-25(14-19,16-24)23(27)26-22-9-5-18(2)6-10-22/h3-10,19-20H,11-16H2,1-2H3,(H,26,27)/t19-,20-,24?,25?/m1/s1. The van der Waals surface area contributed by atoms with Crippen LogP contribution in [0.4, 0.5) is 5.69 Å². The molecule has 0 radical (unpaired) electrons. The highest BCUT2D eigenvalue weighted by Crippen LogP contribution is 2.66. The lowest BCUT2D eigenvalue weighted by Gasteiger charge is -2.61. The first-order valence-electron chi connectivity index (χ1n) is 10.4. The first-order chi connectivity index (χ1) is 13.0. The molecule has 6 rings (SSSR count). The molecule has 4 bridgehead atoms. The van der Waals surface area contributed by atoms with E-state index in [9.17, 15) is 4.79 Å². The quantitative estimate of drug-likeness (QED) is 0.739. The minimum atomic E-state index is -0.181. The lowest BCUT2D eigenvalue weighted by atomic mass is 9.42. The first kappa shape index (κ1) is 17.0. The topological polar surface area (TPSA) is 29.1 Å². The number of hydrogen-bond donors (Lipinski definition) is 1. The Labute approximate surface area is 162 Å². The van der Waals surface area contributed by atoms with E-state index in [4.69, 9.17) is 0 Å². The number of amides is 1. The molecule has 27 heavy (non-hydrogen) atoms. The smallest absolute Gasteiger partial charge is 0.230 e. The molecule has 2 aromatic rings. The van der Waals surface area contributed by atoms with Gasteiger partial charge in [0, 0.05) is 5.69 Å². The summed E-state index contributed by atoms with van der Waals surface area (Å²) in [6.45, 7) is 4.23. The van der Waals surface area contributed by atoms with Crippen LogP contribution < -0.4 is 5.32 Å². The lowest BCUT2D eigenvalue weighted by Crippen LogP contribution is -2.57. The summed E-state index contributed by atoms with van der Waals surface area (Å²) in [4.78, 5) is 13.5. The lowest BCUT2D eigenvalue weighted by molar-refractivity contribution is -0.143. The zero-order chi connectivity index (χ0) is 18.6.